The number of halogens is 2. The van der Waals surface area contributed by atoms with Crippen molar-refractivity contribution >= 4 is 56.5 Å². The molecule has 0 spiro atoms. The fourth-order valence-electron chi connectivity index (χ4n) is 2.89. The van der Waals surface area contributed by atoms with Gasteiger partial charge in [0.15, 0.2) is 11.5 Å². The predicted molar refractivity (Wildman–Crippen MR) is 127 cm³/mol. The van der Waals surface area contributed by atoms with Crippen LogP contribution in [0.5, 0.6) is 11.5 Å². The molecule has 7 nitrogen and oxygen atoms in total. The molecule has 170 valence electrons. The van der Waals surface area contributed by atoms with Gasteiger partial charge in [0.2, 0.25) is 5.91 Å². The van der Waals surface area contributed by atoms with Crippen molar-refractivity contribution in [3.05, 3.63) is 57.2 Å². The van der Waals surface area contributed by atoms with Gasteiger partial charge in [-0.25, -0.2) is 4.39 Å². The number of nitrogens with one attached hydrogen (secondary N) is 1. The molecule has 0 unspecified atom stereocenters. The Hall–Kier alpha value is -3.29. The third-order valence-electron chi connectivity index (χ3n) is 4.21. The molecule has 2 aromatic rings. The van der Waals surface area contributed by atoms with E-state index >= 15 is 0 Å². The van der Waals surface area contributed by atoms with E-state index < -0.39 is 29.4 Å². The number of hydrogen-bond acceptors (Lipinski definition) is 6. The molecule has 10 heteroatoms. The zero-order chi connectivity index (χ0) is 24.0. The van der Waals surface area contributed by atoms with Crippen LogP contribution in [-0.2, 0) is 9.59 Å². The van der Waals surface area contributed by atoms with Gasteiger partial charge >= 0.3 is 0 Å². The van der Waals surface area contributed by atoms with Crippen LogP contribution in [0.2, 0.25) is 0 Å². The normalized spacial score (nSPS) is 14.4. The van der Waals surface area contributed by atoms with E-state index in [1.54, 1.807) is 12.1 Å². The molecular weight excluding hydrogens is 515 g/mol. The Morgan fingerprint density at radius 1 is 1.30 bits per heavy atom. The number of rotatable bonds is 8. The van der Waals surface area contributed by atoms with Gasteiger partial charge in [0, 0.05) is 5.69 Å². The highest BCUT2D eigenvalue weighted by Gasteiger charge is 2.36. The average Bonchev–Trinajstić information content (AvgIpc) is 3.00. The van der Waals surface area contributed by atoms with Crippen molar-refractivity contribution in [2.24, 2.45) is 0 Å². The number of carbonyl (C=O) groups excluding carboxylic acids is 3. The summed E-state index contributed by atoms with van der Waals surface area (Å²) in [7, 11) is 0. The van der Waals surface area contributed by atoms with Gasteiger partial charge in [-0.3, -0.25) is 19.3 Å². The first-order valence-corrected chi connectivity index (χ1v) is 11.3. The number of imide groups is 1. The zero-order valence-electron chi connectivity index (χ0n) is 17.4. The van der Waals surface area contributed by atoms with Crippen LogP contribution in [0.15, 0.2) is 45.8 Å². The molecule has 0 bridgehead atoms. The number of terminal acetylenes is 1. The van der Waals surface area contributed by atoms with Crippen molar-refractivity contribution in [2.75, 3.05) is 25.1 Å². The highest BCUT2D eigenvalue weighted by molar-refractivity contribution is 9.10. The van der Waals surface area contributed by atoms with Crippen molar-refractivity contribution in [1.29, 1.82) is 0 Å². The lowest BCUT2D eigenvalue weighted by Crippen LogP contribution is -2.36. The number of hydrogen-bond donors (Lipinski definition) is 1. The van der Waals surface area contributed by atoms with Gasteiger partial charge in [-0.05, 0) is 76.6 Å². The summed E-state index contributed by atoms with van der Waals surface area (Å²) >= 11 is 4.12. The van der Waals surface area contributed by atoms with E-state index in [0.29, 0.717) is 39.9 Å². The molecule has 1 N–H and O–H groups in total. The number of ether oxygens (including phenoxy) is 2. The molecule has 3 amide bonds. The fraction of sp³-hybridized carbons (Fsp3) is 0.174. The predicted octanol–water partition coefficient (Wildman–Crippen LogP) is 4.67. The lowest BCUT2D eigenvalue weighted by Gasteiger charge is -2.13. The Labute approximate surface area is 202 Å². The minimum atomic E-state index is -0.624. The molecule has 1 saturated heterocycles. The molecule has 2 aromatic carbocycles. The first-order valence-electron chi connectivity index (χ1n) is 9.65. The number of benzene rings is 2. The van der Waals surface area contributed by atoms with Crippen LogP contribution in [0.25, 0.3) is 6.08 Å². The van der Waals surface area contributed by atoms with Gasteiger partial charge in [0.1, 0.15) is 19.0 Å². The van der Waals surface area contributed by atoms with Crippen molar-refractivity contribution in [2.45, 2.75) is 6.92 Å². The van der Waals surface area contributed by atoms with E-state index in [1.165, 1.54) is 24.3 Å². The minimum Gasteiger partial charge on any atom is -0.490 e. The van der Waals surface area contributed by atoms with Crippen LogP contribution in [0.3, 0.4) is 0 Å². The Morgan fingerprint density at radius 3 is 2.79 bits per heavy atom. The van der Waals surface area contributed by atoms with Gasteiger partial charge in [-0.2, -0.15) is 0 Å². The first-order chi connectivity index (χ1) is 15.8. The highest BCUT2D eigenvalue weighted by Crippen LogP contribution is 2.39. The molecule has 1 fully saturated rings. The first kappa shape index (κ1) is 24.4. The summed E-state index contributed by atoms with van der Waals surface area (Å²) in [6.45, 7) is 1.74. The Kier molecular flexibility index (Phi) is 8.14. The van der Waals surface area contributed by atoms with Gasteiger partial charge in [-0.15, -0.1) is 6.42 Å². The largest absolute Gasteiger partial charge is 0.490 e. The molecule has 1 heterocycles. The van der Waals surface area contributed by atoms with E-state index in [2.05, 4.69) is 27.2 Å². The second-order valence-electron chi connectivity index (χ2n) is 6.58. The summed E-state index contributed by atoms with van der Waals surface area (Å²) in [5.74, 6) is 1.47. The Morgan fingerprint density at radius 2 is 2.09 bits per heavy atom. The van der Waals surface area contributed by atoms with Crippen LogP contribution in [0.1, 0.15) is 12.5 Å². The van der Waals surface area contributed by atoms with Crippen molar-refractivity contribution in [1.82, 2.24) is 4.90 Å². The summed E-state index contributed by atoms with van der Waals surface area (Å²) < 4.78 is 25.0. The van der Waals surface area contributed by atoms with E-state index in [1.807, 2.05) is 6.92 Å². The monoisotopic (exact) mass is 532 g/mol. The summed E-state index contributed by atoms with van der Waals surface area (Å²) in [5, 5.41) is 1.88. The molecular formula is C23H18BrFN2O5S. The highest BCUT2D eigenvalue weighted by atomic mass is 79.9. The molecule has 0 aliphatic carbocycles. The molecule has 0 atom stereocenters. The van der Waals surface area contributed by atoms with E-state index in [-0.39, 0.29) is 17.2 Å². The van der Waals surface area contributed by atoms with E-state index in [4.69, 9.17) is 15.9 Å². The maximum Gasteiger partial charge on any atom is 0.294 e. The lowest BCUT2D eigenvalue weighted by molar-refractivity contribution is -0.127. The van der Waals surface area contributed by atoms with Crippen molar-refractivity contribution < 1.29 is 28.2 Å². The van der Waals surface area contributed by atoms with Crippen LogP contribution in [0.4, 0.5) is 14.9 Å². The lowest BCUT2D eigenvalue weighted by atomic mass is 10.2. The van der Waals surface area contributed by atoms with Gasteiger partial charge < -0.3 is 14.8 Å². The van der Waals surface area contributed by atoms with E-state index in [9.17, 15) is 18.8 Å². The third-order valence-corrected chi connectivity index (χ3v) is 5.71. The van der Waals surface area contributed by atoms with Crippen LogP contribution in [-0.4, -0.2) is 41.7 Å². The second-order valence-corrected chi connectivity index (χ2v) is 8.43. The summed E-state index contributed by atoms with van der Waals surface area (Å²) in [5.41, 5.74) is 0.802. The second kappa shape index (κ2) is 11.0. The molecule has 33 heavy (non-hydrogen) atoms. The number of amides is 3. The SMILES string of the molecule is C#CCOc1c(Br)cc(/C=C2/SC(=O)N(CC(=O)Nc3cccc(F)c3)C2=O)cc1OCC. The van der Waals surface area contributed by atoms with Crippen LogP contribution < -0.4 is 14.8 Å². The summed E-state index contributed by atoms with van der Waals surface area (Å²) in [6, 6.07) is 8.66. The Bertz CT molecular complexity index is 1180. The van der Waals surface area contributed by atoms with E-state index in [0.717, 1.165) is 11.0 Å². The quantitative estimate of drug-likeness (QED) is 0.392. The topological polar surface area (TPSA) is 84.9 Å². The third kappa shape index (κ3) is 6.15. The molecule has 3 rings (SSSR count). The summed E-state index contributed by atoms with van der Waals surface area (Å²) in [6.07, 6.45) is 6.77. The van der Waals surface area contributed by atoms with Gasteiger partial charge in [-0.1, -0.05) is 12.0 Å². The molecule has 0 aromatic heterocycles. The number of nitrogens with zero attached hydrogens (tertiary/aromatic N) is 1. The van der Waals surface area contributed by atoms with Crippen molar-refractivity contribution in [3.63, 3.8) is 0 Å². The smallest absolute Gasteiger partial charge is 0.294 e. The molecule has 1 aliphatic rings. The van der Waals surface area contributed by atoms with Gasteiger partial charge in [0.05, 0.1) is 16.0 Å². The number of thioether (sulfide) groups is 1. The Balaban J connectivity index is 1.77. The van der Waals surface area contributed by atoms with Crippen molar-refractivity contribution in [3.8, 4) is 23.8 Å². The zero-order valence-corrected chi connectivity index (χ0v) is 19.8. The number of carbonyl (C=O) groups is 3. The number of anilines is 1. The molecule has 0 saturated carbocycles. The molecule has 0 radical (unpaired) electrons. The van der Waals surface area contributed by atoms with Crippen LogP contribution in [0, 0.1) is 18.2 Å². The average molecular weight is 533 g/mol. The minimum absolute atomic E-state index is 0.0502. The van der Waals surface area contributed by atoms with Gasteiger partial charge in [0.25, 0.3) is 11.1 Å². The fourth-order valence-corrected chi connectivity index (χ4v) is 4.30. The maximum atomic E-state index is 13.3. The van der Waals surface area contributed by atoms with Crippen LogP contribution >= 0.6 is 27.7 Å². The molecule has 1 aliphatic heterocycles. The standard InChI is InChI=1S/C23H18BrFN2O5S/c1-3-8-32-21-17(24)9-14(10-18(21)31-4-2)11-19-22(29)27(23(30)33-19)13-20(28)26-16-7-5-6-15(25)12-16/h1,5-7,9-12H,4,8,13H2,2H3,(H,26,28)/b19-11+. The maximum absolute atomic E-state index is 13.3. The summed E-state index contributed by atoms with van der Waals surface area (Å²) in [4.78, 5) is 38.3.